The molecule has 9 nitrogen and oxygen atoms in total. The molecule has 2 aromatic carbocycles. The lowest BCUT2D eigenvalue weighted by Crippen LogP contribution is -2.54. The van der Waals surface area contributed by atoms with Crippen molar-refractivity contribution in [3.05, 3.63) is 66.1 Å². The lowest BCUT2D eigenvalue weighted by atomic mass is 10.1. The number of pyridine rings is 1. The molecule has 34 heavy (non-hydrogen) atoms. The molecule has 0 N–H and O–H groups in total. The number of sulfonamides is 1. The number of imide groups is 1. The highest BCUT2D eigenvalue weighted by Gasteiger charge is 2.64. The Labute approximate surface area is 193 Å². The van der Waals surface area contributed by atoms with Crippen LogP contribution in [0.4, 0.5) is 14.9 Å². The fourth-order valence-electron chi connectivity index (χ4n) is 5.34. The summed E-state index contributed by atoms with van der Waals surface area (Å²) in [6.07, 6.45) is 1.82. The van der Waals surface area contributed by atoms with E-state index in [1.54, 1.807) is 12.1 Å². The second-order valence-electron chi connectivity index (χ2n) is 8.41. The number of piperazine rings is 1. The van der Waals surface area contributed by atoms with Crippen LogP contribution in [0.25, 0.3) is 10.9 Å². The van der Waals surface area contributed by atoms with E-state index in [4.69, 9.17) is 0 Å². The summed E-state index contributed by atoms with van der Waals surface area (Å²) in [5, 5.41) is 9.85. The van der Waals surface area contributed by atoms with Crippen LogP contribution in [0.15, 0.2) is 59.6 Å². The van der Waals surface area contributed by atoms with Gasteiger partial charge >= 0.3 is 6.03 Å². The van der Waals surface area contributed by atoms with Crippen molar-refractivity contribution in [2.75, 3.05) is 11.4 Å². The van der Waals surface area contributed by atoms with Gasteiger partial charge in [-0.2, -0.15) is 9.57 Å². The molecule has 3 aliphatic heterocycles. The highest BCUT2D eigenvalue weighted by molar-refractivity contribution is 7.89. The van der Waals surface area contributed by atoms with Crippen molar-refractivity contribution < 1.29 is 22.4 Å². The molecule has 3 atom stereocenters. The van der Waals surface area contributed by atoms with Gasteiger partial charge in [0.2, 0.25) is 10.0 Å². The zero-order valence-corrected chi connectivity index (χ0v) is 18.3. The van der Waals surface area contributed by atoms with Crippen LogP contribution in [0.3, 0.4) is 0 Å². The van der Waals surface area contributed by atoms with Crippen LogP contribution in [-0.4, -0.2) is 59.2 Å². The van der Waals surface area contributed by atoms with E-state index in [0.717, 1.165) is 15.3 Å². The van der Waals surface area contributed by atoms with Crippen molar-refractivity contribution in [2.45, 2.75) is 29.4 Å². The quantitative estimate of drug-likeness (QED) is 0.535. The maximum Gasteiger partial charge on any atom is 0.332 e. The molecule has 170 valence electrons. The summed E-state index contributed by atoms with van der Waals surface area (Å²) in [7, 11) is -4.20. The van der Waals surface area contributed by atoms with E-state index in [9.17, 15) is 27.7 Å². The van der Waals surface area contributed by atoms with Gasteiger partial charge in [0.05, 0.1) is 22.8 Å². The smallest absolute Gasteiger partial charge is 0.306 e. The summed E-state index contributed by atoms with van der Waals surface area (Å²) in [4.78, 5) is 33.2. The molecule has 3 aliphatic rings. The van der Waals surface area contributed by atoms with Crippen LogP contribution in [-0.2, 0) is 14.8 Å². The summed E-state index contributed by atoms with van der Waals surface area (Å²) < 4.78 is 41.9. The summed E-state index contributed by atoms with van der Waals surface area (Å²) in [5.74, 6) is -1.42. The standard InChI is InChI=1S/C23H16FN5O4S/c24-16-5-1-2-6-19(16)34(32,33)27-12-14-10-18(27)21-22(30)29(23(31)28(14)21)17-8-7-13(11-25)20-15(17)4-3-9-26-20/h1-9,14,18,21H,10,12H2. The number of carbonyl (C=O) groups is 2. The molecular weight excluding hydrogens is 461 g/mol. The first kappa shape index (κ1) is 20.7. The molecule has 0 radical (unpaired) electrons. The maximum absolute atomic E-state index is 14.3. The van der Waals surface area contributed by atoms with Crippen LogP contribution in [0, 0.1) is 17.1 Å². The Balaban J connectivity index is 1.41. The van der Waals surface area contributed by atoms with Crippen molar-refractivity contribution in [2.24, 2.45) is 0 Å². The van der Waals surface area contributed by atoms with E-state index in [1.807, 2.05) is 0 Å². The molecule has 1 aromatic heterocycles. The third-order valence-corrected chi connectivity index (χ3v) is 8.67. The minimum absolute atomic E-state index is 0.0135. The number of nitriles is 1. The number of rotatable bonds is 3. The Morgan fingerprint density at radius 3 is 2.65 bits per heavy atom. The number of halogens is 1. The number of hydrogen-bond donors (Lipinski definition) is 0. The van der Waals surface area contributed by atoms with Gasteiger partial charge in [-0.15, -0.1) is 0 Å². The van der Waals surface area contributed by atoms with E-state index in [-0.39, 0.29) is 12.2 Å². The zero-order valence-electron chi connectivity index (χ0n) is 17.5. The average molecular weight is 477 g/mol. The SMILES string of the molecule is N#Cc1ccc(N2C(=O)C3C4CC(CN4S(=O)(=O)c4ccccc4F)N3C2=O)c2cccnc12. The topological polar surface area (TPSA) is 115 Å². The fraction of sp³-hybridized carbons (Fsp3) is 0.217. The van der Waals surface area contributed by atoms with Gasteiger partial charge in [0.25, 0.3) is 5.91 Å². The molecule has 3 amide bonds. The number of benzene rings is 2. The third kappa shape index (κ3) is 2.60. The monoisotopic (exact) mass is 477 g/mol. The first-order chi connectivity index (χ1) is 16.3. The number of fused-ring (bicyclic) bond motifs is 6. The molecule has 3 aromatic rings. The van der Waals surface area contributed by atoms with E-state index in [1.165, 1.54) is 41.4 Å². The highest BCUT2D eigenvalue weighted by atomic mass is 32.2. The van der Waals surface area contributed by atoms with E-state index in [0.29, 0.717) is 22.9 Å². The van der Waals surface area contributed by atoms with Crippen molar-refractivity contribution in [1.29, 1.82) is 5.26 Å². The number of amides is 3. The van der Waals surface area contributed by atoms with Crippen LogP contribution in [0.5, 0.6) is 0 Å². The Bertz CT molecular complexity index is 1550. The van der Waals surface area contributed by atoms with E-state index >= 15 is 0 Å². The van der Waals surface area contributed by atoms with Gasteiger partial charge < -0.3 is 4.90 Å². The Morgan fingerprint density at radius 1 is 1.09 bits per heavy atom. The Hall–Kier alpha value is -3.88. The average Bonchev–Trinajstić information content (AvgIpc) is 3.50. The van der Waals surface area contributed by atoms with Gasteiger partial charge in [0, 0.05) is 24.2 Å². The van der Waals surface area contributed by atoms with Crippen molar-refractivity contribution in [1.82, 2.24) is 14.2 Å². The number of nitrogens with zero attached hydrogens (tertiary/aromatic N) is 5. The Kier molecular flexibility index (Phi) is 4.30. The van der Waals surface area contributed by atoms with Crippen LogP contribution in [0.2, 0.25) is 0 Å². The molecule has 6 rings (SSSR count). The fourth-order valence-corrected chi connectivity index (χ4v) is 7.08. The van der Waals surface area contributed by atoms with Gasteiger partial charge in [-0.25, -0.2) is 22.5 Å². The van der Waals surface area contributed by atoms with Crippen LogP contribution >= 0.6 is 0 Å². The molecule has 4 heterocycles. The summed E-state index contributed by atoms with van der Waals surface area (Å²) in [6.45, 7) is -0.0135. The summed E-state index contributed by atoms with van der Waals surface area (Å²) in [6, 6.07) is 10.7. The third-order valence-electron chi connectivity index (χ3n) is 6.75. The zero-order chi connectivity index (χ0) is 23.8. The molecule has 0 saturated carbocycles. The van der Waals surface area contributed by atoms with Gasteiger partial charge in [-0.3, -0.25) is 9.78 Å². The molecule has 3 saturated heterocycles. The first-order valence-electron chi connectivity index (χ1n) is 10.5. The minimum Gasteiger partial charge on any atom is -0.306 e. The predicted molar refractivity (Wildman–Crippen MR) is 117 cm³/mol. The minimum atomic E-state index is -4.20. The Morgan fingerprint density at radius 2 is 1.88 bits per heavy atom. The highest BCUT2D eigenvalue weighted by Crippen LogP contribution is 2.45. The molecular formula is C23H16FN5O4S. The van der Waals surface area contributed by atoms with E-state index in [2.05, 4.69) is 11.1 Å². The summed E-state index contributed by atoms with van der Waals surface area (Å²) >= 11 is 0. The van der Waals surface area contributed by atoms with Crippen molar-refractivity contribution in [3.63, 3.8) is 0 Å². The normalized spacial score (nSPS) is 24.2. The molecule has 0 spiro atoms. The van der Waals surface area contributed by atoms with Crippen LogP contribution < -0.4 is 4.90 Å². The lowest BCUT2D eigenvalue weighted by Gasteiger charge is -2.34. The van der Waals surface area contributed by atoms with Gasteiger partial charge in [-0.1, -0.05) is 12.1 Å². The van der Waals surface area contributed by atoms with Gasteiger partial charge in [0.1, 0.15) is 22.8 Å². The first-order valence-corrected chi connectivity index (χ1v) is 12.0. The second-order valence-corrected chi connectivity index (χ2v) is 10.3. The number of anilines is 1. The molecule has 11 heteroatoms. The largest absolute Gasteiger partial charge is 0.332 e. The molecule has 0 aliphatic carbocycles. The number of carbonyl (C=O) groups excluding carboxylic acids is 2. The van der Waals surface area contributed by atoms with Crippen molar-refractivity contribution >= 4 is 38.6 Å². The lowest BCUT2D eigenvalue weighted by molar-refractivity contribution is -0.120. The molecule has 3 unspecified atom stereocenters. The molecule has 3 fully saturated rings. The van der Waals surface area contributed by atoms with Gasteiger partial charge in [0.15, 0.2) is 0 Å². The van der Waals surface area contributed by atoms with Crippen molar-refractivity contribution in [3.8, 4) is 6.07 Å². The second kappa shape index (κ2) is 7.06. The number of urea groups is 1. The molecule has 2 bridgehead atoms. The maximum atomic E-state index is 14.3. The summed E-state index contributed by atoms with van der Waals surface area (Å²) in [5.41, 5.74) is 0.956. The number of aromatic nitrogens is 1. The van der Waals surface area contributed by atoms with Gasteiger partial charge in [-0.05, 0) is 42.8 Å². The van der Waals surface area contributed by atoms with E-state index < -0.39 is 50.8 Å². The predicted octanol–water partition coefficient (Wildman–Crippen LogP) is 2.23. The number of hydrogen-bond acceptors (Lipinski definition) is 6. The van der Waals surface area contributed by atoms with Crippen LogP contribution in [0.1, 0.15) is 12.0 Å².